The number of benzene rings is 2. The second-order valence-electron chi connectivity index (χ2n) is 4.16. The molecule has 0 fully saturated rings. The molecule has 0 saturated carbocycles. The predicted octanol–water partition coefficient (Wildman–Crippen LogP) is 3.35. The molecule has 0 aromatic heterocycles. The molecule has 0 bridgehead atoms. The lowest BCUT2D eigenvalue weighted by molar-refractivity contribution is 0.410. The zero-order chi connectivity index (χ0) is 16.8. The predicted molar refractivity (Wildman–Crippen MR) is 68.1 cm³/mol. The third kappa shape index (κ3) is 2.79. The van der Waals surface area contributed by atoms with Gasteiger partial charge >= 0.3 is 0 Å². The Kier molecular flexibility index (Phi) is 4.16. The molecule has 0 aliphatic rings. The van der Waals surface area contributed by atoms with E-state index in [1.807, 2.05) is 0 Å². The van der Waals surface area contributed by atoms with Crippen molar-refractivity contribution in [3.8, 4) is 11.1 Å². The Morgan fingerprint density at radius 2 is 1.41 bits per heavy atom. The molecule has 0 radical (unpaired) electrons. The lowest BCUT2D eigenvalue weighted by atomic mass is 10.0. The normalized spacial score (nSPS) is 11.8. The summed E-state index contributed by atoms with van der Waals surface area (Å²) in [5.74, 6) is -9.19. The molecule has 2 aromatic rings. The highest BCUT2D eigenvalue weighted by molar-refractivity contribution is 7.89. The van der Waals surface area contributed by atoms with Crippen molar-refractivity contribution in [2.45, 2.75) is 4.90 Å². The first-order valence-corrected chi connectivity index (χ1v) is 7.31. The molecule has 0 saturated heterocycles. The molecule has 0 aliphatic heterocycles. The summed E-state index contributed by atoms with van der Waals surface area (Å²) in [7, 11) is -4.40. The van der Waals surface area contributed by atoms with Crippen LogP contribution in [0.15, 0.2) is 23.1 Å². The van der Waals surface area contributed by atoms with Crippen molar-refractivity contribution in [1.82, 2.24) is 0 Å². The molecule has 0 unspecified atom stereocenters. The van der Waals surface area contributed by atoms with E-state index in [9.17, 15) is 30.4 Å². The third-order valence-electron chi connectivity index (χ3n) is 2.72. The Balaban J connectivity index is 2.85. The van der Waals surface area contributed by atoms with Crippen molar-refractivity contribution in [3.05, 3.63) is 52.3 Å². The highest BCUT2D eigenvalue weighted by atomic mass is 35.5. The molecule has 0 atom stereocenters. The van der Waals surface area contributed by atoms with E-state index in [-0.39, 0.29) is 6.07 Å². The Hall–Kier alpha value is -1.71. The van der Waals surface area contributed by atoms with Crippen LogP contribution in [0.4, 0.5) is 22.0 Å². The Bertz CT molecular complexity index is 886. The van der Waals surface area contributed by atoms with Gasteiger partial charge in [-0.15, -0.1) is 0 Å². The number of rotatable bonds is 2. The first-order valence-electron chi connectivity index (χ1n) is 5.39. The van der Waals surface area contributed by atoms with Gasteiger partial charge in [0, 0.05) is 11.1 Å². The Morgan fingerprint density at radius 3 is 1.95 bits per heavy atom. The highest BCUT2D eigenvalue weighted by Gasteiger charge is 2.24. The maximum Gasteiger partial charge on any atom is 0.239 e. The van der Waals surface area contributed by atoms with E-state index in [2.05, 4.69) is 0 Å². The van der Waals surface area contributed by atoms with Gasteiger partial charge in [0.2, 0.25) is 10.0 Å². The van der Waals surface area contributed by atoms with Crippen LogP contribution in [-0.4, -0.2) is 8.42 Å². The van der Waals surface area contributed by atoms with Crippen molar-refractivity contribution in [2.24, 2.45) is 5.14 Å². The van der Waals surface area contributed by atoms with Crippen LogP contribution in [0.3, 0.4) is 0 Å². The standard InChI is InChI=1S/C12H5ClF5NO2S/c13-6-3-7(14)4(2-9(6)22(19,20)21)5-1-8(15)11(17)12(18)10(5)16/h1-3H,(H2,19,20,21). The smallest absolute Gasteiger partial charge is 0.225 e. The first-order chi connectivity index (χ1) is 10.0. The lowest BCUT2D eigenvalue weighted by Crippen LogP contribution is -2.13. The minimum absolute atomic E-state index is 0.187. The van der Waals surface area contributed by atoms with Crippen LogP contribution < -0.4 is 5.14 Å². The van der Waals surface area contributed by atoms with E-state index < -0.39 is 60.2 Å². The molecular formula is C12H5ClF5NO2S. The summed E-state index contributed by atoms with van der Waals surface area (Å²) in [5.41, 5.74) is -1.86. The quantitative estimate of drug-likeness (QED) is 0.509. The van der Waals surface area contributed by atoms with Gasteiger partial charge in [-0.25, -0.2) is 35.5 Å². The van der Waals surface area contributed by atoms with E-state index in [0.717, 1.165) is 0 Å². The third-order valence-corrected chi connectivity index (χ3v) is 4.10. The number of halogens is 6. The van der Waals surface area contributed by atoms with Crippen LogP contribution >= 0.6 is 11.6 Å². The van der Waals surface area contributed by atoms with Crippen LogP contribution in [-0.2, 0) is 10.0 Å². The van der Waals surface area contributed by atoms with Gasteiger partial charge in [0.1, 0.15) is 10.7 Å². The molecule has 118 valence electrons. The number of sulfonamides is 1. The van der Waals surface area contributed by atoms with Gasteiger partial charge in [0.15, 0.2) is 23.3 Å². The fourth-order valence-electron chi connectivity index (χ4n) is 1.72. The first kappa shape index (κ1) is 16.7. The second kappa shape index (κ2) is 5.49. The summed E-state index contributed by atoms with van der Waals surface area (Å²) >= 11 is 5.50. The summed E-state index contributed by atoms with van der Waals surface area (Å²) in [6, 6.07) is 1.17. The van der Waals surface area contributed by atoms with E-state index >= 15 is 0 Å². The topological polar surface area (TPSA) is 60.2 Å². The van der Waals surface area contributed by atoms with Gasteiger partial charge in [0.25, 0.3) is 0 Å². The van der Waals surface area contributed by atoms with Crippen LogP contribution in [0.25, 0.3) is 11.1 Å². The van der Waals surface area contributed by atoms with Crippen molar-refractivity contribution < 1.29 is 30.4 Å². The fourth-order valence-corrected chi connectivity index (χ4v) is 2.81. The molecule has 0 heterocycles. The number of primary sulfonamides is 1. The van der Waals surface area contributed by atoms with E-state index in [1.54, 1.807) is 0 Å². The molecule has 3 nitrogen and oxygen atoms in total. The zero-order valence-corrected chi connectivity index (χ0v) is 11.9. The molecule has 2 rings (SSSR count). The number of nitrogens with two attached hydrogens (primary N) is 1. The Morgan fingerprint density at radius 1 is 0.818 bits per heavy atom. The monoisotopic (exact) mass is 357 g/mol. The van der Waals surface area contributed by atoms with Crippen LogP contribution in [0.5, 0.6) is 0 Å². The Labute approximate surface area is 126 Å². The van der Waals surface area contributed by atoms with Crippen LogP contribution in [0.1, 0.15) is 0 Å². The fraction of sp³-hybridized carbons (Fsp3) is 0. The van der Waals surface area contributed by atoms with Gasteiger partial charge in [0.05, 0.1) is 5.02 Å². The minimum Gasteiger partial charge on any atom is -0.225 e. The van der Waals surface area contributed by atoms with E-state index in [0.29, 0.717) is 12.1 Å². The van der Waals surface area contributed by atoms with Crippen molar-refractivity contribution in [1.29, 1.82) is 0 Å². The van der Waals surface area contributed by atoms with E-state index in [4.69, 9.17) is 16.7 Å². The van der Waals surface area contributed by atoms with E-state index in [1.165, 1.54) is 0 Å². The molecule has 0 aliphatic carbocycles. The summed E-state index contributed by atoms with van der Waals surface area (Å²) in [5, 5.41) is 4.24. The summed E-state index contributed by atoms with van der Waals surface area (Å²) < 4.78 is 89.4. The van der Waals surface area contributed by atoms with Gasteiger partial charge in [-0.1, -0.05) is 11.6 Å². The summed E-state index contributed by atoms with van der Waals surface area (Å²) in [6.45, 7) is 0. The average Bonchev–Trinajstić information content (AvgIpc) is 2.40. The molecule has 0 spiro atoms. The zero-order valence-electron chi connectivity index (χ0n) is 10.3. The molecule has 10 heteroatoms. The summed E-state index contributed by atoms with van der Waals surface area (Å²) in [6.07, 6.45) is 0. The van der Waals surface area contributed by atoms with Gasteiger partial charge < -0.3 is 0 Å². The maximum absolute atomic E-state index is 13.8. The molecule has 2 aromatic carbocycles. The maximum atomic E-state index is 13.8. The minimum atomic E-state index is -4.40. The van der Waals surface area contributed by atoms with Crippen molar-refractivity contribution in [3.63, 3.8) is 0 Å². The van der Waals surface area contributed by atoms with Gasteiger partial charge in [-0.3, -0.25) is 0 Å². The van der Waals surface area contributed by atoms with Crippen LogP contribution in [0, 0.1) is 29.1 Å². The largest absolute Gasteiger partial charge is 0.239 e. The van der Waals surface area contributed by atoms with Gasteiger partial charge in [-0.05, 0) is 18.2 Å². The molecular weight excluding hydrogens is 353 g/mol. The summed E-state index contributed by atoms with van der Waals surface area (Å²) in [4.78, 5) is -0.782. The lowest BCUT2D eigenvalue weighted by Gasteiger charge is -2.10. The molecule has 22 heavy (non-hydrogen) atoms. The average molecular weight is 358 g/mol. The molecule has 0 amide bonds. The molecule has 2 N–H and O–H groups in total. The second-order valence-corrected chi connectivity index (χ2v) is 6.09. The highest BCUT2D eigenvalue weighted by Crippen LogP contribution is 2.34. The number of hydrogen-bond acceptors (Lipinski definition) is 2. The number of hydrogen-bond donors (Lipinski definition) is 1. The van der Waals surface area contributed by atoms with Crippen molar-refractivity contribution >= 4 is 21.6 Å². The van der Waals surface area contributed by atoms with Gasteiger partial charge in [-0.2, -0.15) is 0 Å². The SMILES string of the molecule is NS(=O)(=O)c1cc(-c2cc(F)c(F)c(F)c2F)c(F)cc1Cl. The van der Waals surface area contributed by atoms with Crippen LogP contribution in [0.2, 0.25) is 5.02 Å². The van der Waals surface area contributed by atoms with Crippen molar-refractivity contribution in [2.75, 3.05) is 0 Å².